The van der Waals surface area contributed by atoms with Crippen molar-refractivity contribution in [2.75, 3.05) is 23.7 Å². The first kappa shape index (κ1) is 11.7. The second-order valence-electron chi connectivity index (χ2n) is 5.07. The van der Waals surface area contributed by atoms with Crippen LogP contribution in [-0.2, 0) is 4.74 Å². The fourth-order valence-corrected chi connectivity index (χ4v) is 3.06. The zero-order valence-corrected chi connectivity index (χ0v) is 11.1. The predicted octanol–water partition coefficient (Wildman–Crippen LogP) is 2.04. The number of ether oxygens (including phenoxy) is 1. The van der Waals surface area contributed by atoms with Crippen LogP contribution in [0.5, 0.6) is 0 Å². The summed E-state index contributed by atoms with van der Waals surface area (Å²) in [6, 6.07) is 0. The molecule has 0 radical (unpaired) electrons. The smallest absolute Gasteiger partial charge is 0.142 e. The van der Waals surface area contributed by atoms with Gasteiger partial charge >= 0.3 is 0 Å². The lowest BCUT2D eigenvalue weighted by atomic mass is 10.1. The van der Waals surface area contributed by atoms with Gasteiger partial charge < -0.3 is 15.4 Å². The molecular formula is C11H19N3OS. The Hall–Kier alpha value is -0.810. The number of aromatic nitrogens is 1. The molecule has 0 spiro atoms. The maximum absolute atomic E-state index is 5.88. The summed E-state index contributed by atoms with van der Waals surface area (Å²) in [5.74, 6) is 0.650. The topological polar surface area (TPSA) is 51.4 Å². The molecule has 16 heavy (non-hydrogen) atoms. The molecule has 1 saturated heterocycles. The molecule has 4 nitrogen and oxygen atoms in total. The molecule has 1 aliphatic rings. The van der Waals surface area contributed by atoms with E-state index in [1.54, 1.807) is 0 Å². The van der Waals surface area contributed by atoms with Gasteiger partial charge in [0.05, 0.1) is 11.7 Å². The Kier molecular flexibility index (Phi) is 2.84. The van der Waals surface area contributed by atoms with Crippen LogP contribution in [0.4, 0.5) is 10.8 Å². The molecule has 1 fully saturated rings. The molecule has 0 bridgehead atoms. The Morgan fingerprint density at radius 1 is 1.56 bits per heavy atom. The summed E-state index contributed by atoms with van der Waals surface area (Å²) in [6.45, 7) is 10.2. The Labute approximate surface area is 101 Å². The third-order valence-corrected chi connectivity index (χ3v) is 3.82. The maximum Gasteiger partial charge on any atom is 0.142 e. The van der Waals surface area contributed by atoms with E-state index < -0.39 is 0 Å². The van der Waals surface area contributed by atoms with Crippen LogP contribution in [0.2, 0.25) is 0 Å². The van der Waals surface area contributed by atoms with Crippen LogP contribution in [0.3, 0.4) is 0 Å². The normalized spacial score (nSPS) is 24.8. The molecule has 0 aromatic carbocycles. The number of morpholine rings is 1. The first-order valence-electron chi connectivity index (χ1n) is 5.53. The van der Waals surface area contributed by atoms with Gasteiger partial charge in [-0.2, -0.15) is 4.37 Å². The van der Waals surface area contributed by atoms with Gasteiger partial charge in [0.15, 0.2) is 0 Å². The lowest BCUT2D eigenvalue weighted by Crippen LogP contribution is -2.51. The molecule has 90 valence electrons. The summed E-state index contributed by atoms with van der Waals surface area (Å²) >= 11 is 1.48. The van der Waals surface area contributed by atoms with Gasteiger partial charge in [-0.05, 0) is 39.2 Å². The lowest BCUT2D eigenvalue weighted by Gasteiger charge is -2.42. The highest BCUT2D eigenvalue weighted by atomic mass is 32.1. The third-order valence-electron chi connectivity index (χ3n) is 2.79. The minimum absolute atomic E-state index is 0.108. The van der Waals surface area contributed by atoms with Gasteiger partial charge in [0, 0.05) is 18.7 Å². The monoisotopic (exact) mass is 241 g/mol. The molecule has 1 aromatic heterocycles. The maximum atomic E-state index is 5.88. The van der Waals surface area contributed by atoms with Gasteiger partial charge in [-0.25, -0.2) is 0 Å². The summed E-state index contributed by atoms with van der Waals surface area (Å²) < 4.78 is 10.1. The first-order chi connectivity index (χ1) is 7.39. The van der Waals surface area contributed by atoms with Gasteiger partial charge in [-0.1, -0.05) is 0 Å². The largest absolute Gasteiger partial charge is 0.383 e. The second-order valence-corrected chi connectivity index (χ2v) is 5.82. The molecule has 0 saturated carbocycles. The Balaban J connectivity index is 2.24. The molecular weight excluding hydrogens is 222 g/mol. The summed E-state index contributed by atoms with van der Waals surface area (Å²) in [7, 11) is 0. The van der Waals surface area contributed by atoms with Crippen molar-refractivity contribution < 1.29 is 4.74 Å². The zero-order valence-electron chi connectivity index (χ0n) is 10.3. The van der Waals surface area contributed by atoms with Crippen molar-refractivity contribution in [1.82, 2.24) is 4.37 Å². The number of nitrogens with two attached hydrogens (primary N) is 1. The van der Waals surface area contributed by atoms with E-state index in [-0.39, 0.29) is 11.7 Å². The fourth-order valence-electron chi connectivity index (χ4n) is 2.24. The van der Waals surface area contributed by atoms with Crippen LogP contribution in [0.25, 0.3) is 0 Å². The number of hydrogen-bond acceptors (Lipinski definition) is 5. The van der Waals surface area contributed by atoms with Gasteiger partial charge in [0.2, 0.25) is 0 Å². The van der Waals surface area contributed by atoms with Crippen molar-refractivity contribution >= 4 is 22.4 Å². The van der Waals surface area contributed by atoms with Crippen LogP contribution in [0.15, 0.2) is 0 Å². The predicted molar refractivity (Wildman–Crippen MR) is 68.1 cm³/mol. The highest BCUT2D eigenvalue weighted by Crippen LogP contribution is 2.33. The van der Waals surface area contributed by atoms with Crippen molar-refractivity contribution in [3.63, 3.8) is 0 Å². The zero-order chi connectivity index (χ0) is 11.9. The molecule has 0 aliphatic carbocycles. The number of hydrogen-bond donors (Lipinski definition) is 1. The van der Waals surface area contributed by atoms with E-state index in [2.05, 4.69) is 30.0 Å². The molecule has 2 heterocycles. The van der Waals surface area contributed by atoms with Gasteiger partial charge in [-0.15, -0.1) is 0 Å². The molecule has 2 N–H and O–H groups in total. The minimum atomic E-state index is -0.108. The summed E-state index contributed by atoms with van der Waals surface area (Å²) in [6.07, 6.45) is 0.242. The van der Waals surface area contributed by atoms with E-state index in [1.165, 1.54) is 16.5 Å². The van der Waals surface area contributed by atoms with E-state index in [0.717, 1.165) is 18.7 Å². The summed E-state index contributed by atoms with van der Waals surface area (Å²) in [5, 5.41) is 1.18. The molecule has 1 aliphatic heterocycles. The highest BCUT2D eigenvalue weighted by molar-refractivity contribution is 7.10. The van der Waals surface area contributed by atoms with Crippen LogP contribution in [-0.4, -0.2) is 29.2 Å². The van der Waals surface area contributed by atoms with Crippen molar-refractivity contribution in [2.45, 2.75) is 39.4 Å². The molecule has 1 unspecified atom stereocenters. The van der Waals surface area contributed by atoms with E-state index in [0.29, 0.717) is 5.82 Å². The summed E-state index contributed by atoms with van der Waals surface area (Å²) in [4.78, 5) is 2.33. The SMILES string of the molecule is Cc1c(N)nsc1N1CC(C)OC(C)(C)C1. The first-order valence-corrected chi connectivity index (χ1v) is 6.31. The van der Waals surface area contributed by atoms with Crippen molar-refractivity contribution in [3.8, 4) is 0 Å². The van der Waals surface area contributed by atoms with E-state index >= 15 is 0 Å². The van der Waals surface area contributed by atoms with E-state index in [1.807, 2.05) is 6.92 Å². The van der Waals surface area contributed by atoms with Crippen LogP contribution >= 0.6 is 11.5 Å². The van der Waals surface area contributed by atoms with E-state index in [4.69, 9.17) is 10.5 Å². The Morgan fingerprint density at radius 3 is 2.75 bits per heavy atom. The molecule has 0 amide bonds. The van der Waals surface area contributed by atoms with Crippen molar-refractivity contribution in [3.05, 3.63) is 5.56 Å². The average molecular weight is 241 g/mol. The summed E-state index contributed by atoms with van der Waals surface area (Å²) in [5.41, 5.74) is 6.78. The van der Waals surface area contributed by atoms with Crippen LogP contribution in [0, 0.1) is 6.92 Å². The van der Waals surface area contributed by atoms with Gasteiger partial charge in [-0.3, -0.25) is 0 Å². The highest BCUT2D eigenvalue weighted by Gasteiger charge is 2.32. The molecule has 1 atom stereocenters. The number of nitrogen functional groups attached to an aromatic ring is 1. The molecule has 2 rings (SSSR count). The number of anilines is 2. The minimum Gasteiger partial charge on any atom is -0.383 e. The van der Waals surface area contributed by atoms with Gasteiger partial charge in [0.25, 0.3) is 0 Å². The second kappa shape index (κ2) is 3.89. The Bertz CT molecular complexity index is 389. The molecule has 1 aromatic rings. The number of rotatable bonds is 1. The number of nitrogens with zero attached hydrogens (tertiary/aromatic N) is 2. The van der Waals surface area contributed by atoms with E-state index in [9.17, 15) is 0 Å². The molecule has 5 heteroatoms. The third kappa shape index (κ3) is 2.15. The standard InChI is InChI=1S/C11H19N3OS/c1-7-5-14(6-11(3,4)15-7)10-8(2)9(12)13-16-10/h7H,5-6H2,1-4H3,(H2,12,13). The average Bonchev–Trinajstić information content (AvgIpc) is 2.44. The van der Waals surface area contributed by atoms with Crippen LogP contribution in [0.1, 0.15) is 26.3 Å². The lowest BCUT2D eigenvalue weighted by molar-refractivity contribution is -0.0748. The van der Waals surface area contributed by atoms with Crippen LogP contribution < -0.4 is 10.6 Å². The van der Waals surface area contributed by atoms with Gasteiger partial charge in [0.1, 0.15) is 10.8 Å². The quantitative estimate of drug-likeness (QED) is 0.817. The van der Waals surface area contributed by atoms with Crippen molar-refractivity contribution in [1.29, 1.82) is 0 Å². The van der Waals surface area contributed by atoms with Crippen molar-refractivity contribution in [2.24, 2.45) is 0 Å². The fraction of sp³-hybridized carbons (Fsp3) is 0.727. The Morgan fingerprint density at radius 2 is 2.25 bits per heavy atom.